The van der Waals surface area contributed by atoms with Crippen molar-refractivity contribution in [2.75, 3.05) is 5.32 Å². The number of aryl methyl sites for hydroxylation is 1. The molecule has 40 heavy (non-hydrogen) atoms. The lowest BCUT2D eigenvalue weighted by Gasteiger charge is -2.12. The van der Waals surface area contributed by atoms with Crippen LogP contribution < -0.4 is 5.32 Å². The zero-order chi connectivity index (χ0) is 28.1. The number of pyridine rings is 2. The Kier molecular flexibility index (Phi) is 7.54. The van der Waals surface area contributed by atoms with Crippen LogP contribution in [0, 0.1) is 12.7 Å². The van der Waals surface area contributed by atoms with Crippen LogP contribution in [0.25, 0.3) is 22.6 Å². The molecule has 200 valence electrons. The standard InChI is InChI=1S/C29H21F4N7/c1-18-13-22(34-17-26(18)37-21-10-5-9-20(14-21)29(31,32)33)15-36-40-28-35-16-23(30)27(39-28)25-12-6-11-24(38-25)19-7-3-2-4-8-19/h2-14,16-17,37H,15H2,1H3. The number of hydrogen-bond acceptors (Lipinski definition) is 7. The number of aromatic nitrogens is 4. The van der Waals surface area contributed by atoms with Gasteiger partial charge in [-0.15, -0.1) is 5.11 Å². The van der Waals surface area contributed by atoms with E-state index >= 15 is 0 Å². The van der Waals surface area contributed by atoms with Crippen molar-refractivity contribution in [3.63, 3.8) is 0 Å². The SMILES string of the molecule is Cc1cc(CN=Nc2ncc(F)c(-c3cccc(-c4ccccc4)n3)n2)ncc1Nc1cccc(C(F)(F)F)c1. The maximum Gasteiger partial charge on any atom is 0.416 e. The average Bonchev–Trinajstić information content (AvgIpc) is 2.95. The molecule has 0 aliphatic carbocycles. The summed E-state index contributed by atoms with van der Waals surface area (Å²) in [7, 11) is 0. The van der Waals surface area contributed by atoms with Crippen molar-refractivity contribution >= 4 is 17.3 Å². The molecule has 0 saturated carbocycles. The Labute approximate surface area is 226 Å². The second-order valence-electron chi connectivity index (χ2n) is 8.73. The Bertz CT molecular complexity index is 1670. The van der Waals surface area contributed by atoms with Crippen LogP contribution in [-0.4, -0.2) is 19.9 Å². The number of nitrogens with one attached hydrogen (secondary N) is 1. The van der Waals surface area contributed by atoms with E-state index < -0.39 is 17.6 Å². The summed E-state index contributed by atoms with van der Waals surface area (Å²) in [6.07, 6.45) is -1.90. The summed E-state index contributed by atoms with van der Waals surface area (Å²) in [5, 5.41) is 11.0. The van der Waals surface area contributed by atoms with E-state index in [0.29, 0.717) is 28.5 Å². The predicted molar refractivity (Wildman–Crippen MR) is 143 cm³/mol. The minimum Gasteiger partial charge on any atom is -0.354 e. The van der Waals surface area contributed by atoms with Gasteiger partial charge in [0.1, 0.15) is 12.2 Å². The lowest BCUT2D eigenvalue weighted by molar-refractivity contribution is -0.137. The Balaban J connectivity index is 1.29. The summed E-state index contributed by atoms with van der Waals surface area (Å²) in [6, 6.07) is 21.4. The molecule has 0 spiro atoms. The number of rotatable bonds is 7. The number of alkyl halides is 3. The van der Waals surface area contributed by atoms with Gasteiger partial charge < -0.3 is 5.32 Å². The fraction of sp³-hybridized carbons (Fsp3) is 0.103. The van der Waals surface area contributed by atoms with Crippen LogP contribution in [0.15, 0.2) is 101 Å². The van der Waals surface area contributed by atoms with E-state index in [1.807, 2.05) is 36.4 Å². The van der Waals surface area contributed by atoms with E-state index in [9.17, 15) is 17.6 Å². The molecule has 0 bridgehead atoms. The fourth-order valence-electron chi connectivity index (χ4n) is 3.85. The lowest BCUT2D eigenvalue weighted by Crippen LogP contribution is -2.05. The summed E-state index contributed by atoms with van der Waals surface area (Å²) in [4.78, 5) is 16.9. The predicted octanol–water partition coefficient (Wildman–Crippen LogP) is 8.09. The van der Waals surface area contributed by atoms with Gasteiger partial charge in [-0.3, -0.25) is 4.98 Å². The Morgan fingerprint density at radius 2 is 1.60 bits per heavy atom. The van der Waals surface area contributed by atoms with Crippen LogP contribution in [0.4, 0.5) is 34.9 Å². The molecule has 0 unspecified atom stereocenters. The second-order valence-corrected chi connectivity index (χ2v) is 8.73. The summed E-state index contributed by atoms with van der Waals surface area (Å²) in [5.74, 6) is -0.680. The number of halogens is 4. The molecule has 0 saturated heterocycles. The molecule has 7 nitrogen and oxygen atoms in total. The highest BCUT2D eigenvalue weighted by Crippen LogP contribution is 2.32. The molecule has 0 radical (unpaired) electrons. The average molecular weight is 544 g/mol. The van der Waals surface area contributed by atoms with E-state index in [1.165, 1.54) is 12.3 Å². The van der Waals surface area contributed by atoms with Crippen LogP contribution in [0.3, 0.4) is 0 Å². The maximum atomic E-state index is 14.6. The van der Waals surface area contributed by atoms with Gasteiger partial charge in [-0.2, -0.15) is 18.3 Å². The van der Waals surface area contributed by atoms with Crippen LogP contribution in [0.5, 0.6) is 0 Å². The summed E-state index contributed by atoms with van der Waals surface area (Å²) in [5.41, 5.74) is 3.31. The van der Waals surface area contributed by atoms with E-state index in [1.54, 1.807) is 31.2 Å². The molecular weight excluding hydrogens is 522 g/mol. The molecule has 0 aliphatic heterocycles. The van der Waals surface area contributed by atoms with Crippen molar-refractivity contribution in [2.24, 2.45) is 10.2 Å². The summed E-state index contributed by atoms with van der Waals surface area (Å²) < 4.78 is 53.6. The topological polar surface area (TPSA) is 88.3 Å². The first-order valence-electron chi connectivity index (χ1n) is 12.1. The van der Waals surface area contributed by atoms with Crippen molar-refractivity contribution in [3.05, 3.63) is 114 Å². The monoisotopic (exact) mass is 543 g/mol. The minimum absolute atomic E-state index is 0.000667. The molecule has 1 N–H and O–H groups in total. The normalized spacial score (nSPS) is 11.6. The maximum absolute atomic E-state index is 14.6. The molecular formula is C29H21F4N7. The first-order valence-corrected chi connectivity index (χ1v) is 12.1. The third kappa shape index (κ3) is 6.32. The van der Waals surface area contributed by atoms with E-state index in [2.05, 4.69) is 35.5 Å². The van der Waals surface area contributed by atoms with Crippen LogP contribution >= 0.6 is 0 Å². The number of benzene rings is 2. The second kappa shape index (κ2) is 11.4. The van der Waals surface area contributed by atoms with Gasteiger partial charge in [0, 0.05) is 11.3 Å². The van der Waals surface area contributed by atoms with Crippen molar-refractivity contribution in [1.29, 1.82) is 0 Å². The molecule has 0 atom stereocenters. The Morgan fingerprint density at radius 1 is 0.825 bits per heavy atom. The third-order valence-corrected chi connectivity index (χ3v) is 5.82. The highest BCUT2D eigenvalue weighted by molar-refractivity contribution is 5.65. The molecule has 3 heterocycles. The van der Waals surface area contributed by atoms with Gasteiger partial charge in [-0.05, 0) is 48.9 Å². The first-order chi connectivity index (χ1) is 19.3. The first kappa shape index (κ1) is 26.5. The van der Waals surface area contributed by atoms with E-state index in [-0.39, 0.29) is 18.2 Å². The van der Waals surface area contributed by atoms with Crippen LogP contribution in [-0.2, 0) is 12.7 Å². The molecule has 2 aromatic carbocycles. The third-order valence-electron chi connectivity index (χ3n) is 5.82. The van der Waals surface area contributed by atoms with E-state index in [4.69, 9.17) is 0 Å². The fourth-order valence-corrected chi connectivity index (χ4v) is 3.85. The molecule has 11 heteroatoms. The molecule has 0 aliphatic rings. The molecule has 5 rings (SSSR count). The lowest BCUT2D eigenvalue weighted by atomic mass is 10.1. The van der Waals surface area contributed by atoms with Gasteiger partial charge in [0.2, 0.25) is 0 Å². The van der Waals surface area contributed by atoms with E-state index in [0.717, 1.165) is 29.5 Å². The van der Waals surface area contributed by atoms with Gasteiger partial charge in [0.15, 0.2) is 5.82 Å². The highest BCUT2D eigenvalue weighted by atomic mass is 19.4. The zero-order valence-electron chi connectivity index (χ0n) is 21.1. The van der Waals surface area contributed by atoms with Gasteiger partial charge >= 0.3 is 6.18 Å². The van der Waals surface area contributed by atoms with Crippen molar-refractivity contribution in [2.45, 2.75) is 19.6 Å². The molecule has 0 fully saturated rings. The van der Waals surface area contributed by atoms with Gasteiger partial charge in [0.25, 0.3) is 5.95 Å². The van der Waals surface area contributed by atoms with Crippen LogP contribution in [0.1, 0.15) is 16.8 Å². The van der Waals surface area contributed by atoms with Gasteiger partial charge in [0.05, 0.1) is 40.7 Å². The Morgan fingerprint density at radius 3 is 2.38 bits per heavy atom. The Hall–Kier alpha value is -5.06. The minimum atomic E-state index is -4.43. The smallest absolute Gasteiger partial charge is 0.354 e. The molecule has 5 aromatic rings. The van der Waals surface area contributed by atoms with Crippen LogP contribution in [0.2, 0.25) is 0 Å². The number of hydrogen-bond donors (Lipinski definition) is 1. The highest BCUT2D eigenvalue weighted by Gasteiger charge is 2.30. The number of azo groups is 1. The van der Waals surface area contributed by atoms with Gasteiger partial charge in [-0.25, -0.2) is 19.3 Å². The van der Waals surface area contributed by atoms with Gasteiger partial charge in [-0.1, -0.05) is 42.5 Å². The summed E-state index contributed by atoms with van der Waals surface area (Å²) >= 11 is 0. The van der Waals surface area contributed by atoms with Crippen molar-refractivity contribution in [3.8, 4) is 22.6 Å². The number of nitrogens with zero attached hydrogens (tertiary/aromatic N) is 6. The molecule has 3 aromatic heterocycles. The van der Waals surface area contributed by atoms with Crippen molar-refractivity contribution in [1.82, 2.24) is 19.9 Å². The quantitative estimate of drug-likeness (QED) is 0.166. The van der Waals surface area contributed by atoms with Crippen molar-refractivity contribution < 1.29 is 17.6 Å². The zero-order valence-corrected chi connectivity index (χ0v) is 21.1. The summed E-state index contributed by atoms with van der Waals surface area (Å²) in [6.45, 7) is 1.88. The molecule has 0 amide bonds. The number of anilines is 2. The largest absolute Gasteiger partial charge is 0.416 e.